The van der Waals surface area contributed by atoms with Gasteiger partial charge in [0.2, 0.25) is 0 Å². The van der Waals surface area contributed by atoms with E-state index < -0.39 is 30.1 Å². The van der Waals surface area contributed by atoms with Crippen molar-refractivity contribution in [1.29, 1.82) is 0 Å². The predicted octanol–water partition coefficient (Wildman–Crippen LogP) is 2.65. The lowest BCUT2D eigenvalue weighted by atomic mass is 10.1. The quantitative estimate of drug-likeness (QED) is 0.762. The van der Waals surface area contributed by atoms with Gasteiger partial charge in [-0.05, 0) is 43.2 Å². The van der Waals surface area contributed by atoms with Crippen molar-refractivity contribution in [2.45, 2.75) is 18.9 Å². The molecule has 0 bridgehead atoms. The molecule has 1 saturated carbocycles. The molecule has 0 aromatic heterocycles. The number of halogens is 2. The van der Waals surface area contributed by atoms with Crippen LogP contribution < -0.4 is 10.6 Å². The molecule has 27 heavy (non-hydrogen) atoms. The predicted molar refractivity (Wildman–Crippen MR) is 92.2 cm³/mol. The lowest BCUT2D eigenvalue weighted by molar-refractivity contribution is -0.119. The number of carbonyl (C=O) groups excluding carboxylic acids is 3. The van der Waals surface area contributed by atoms with Crippen LogP contribution in [0.25, 0.3) is 0 Å². The lowest BCUT2D eigenvalue weighted by Gasteiger charge is -2.11. The number of benzene rings is 2. The minimum absolute atomic E-state index is 0.165. The second-order valence-corrected chi connectivity index (χ2v) is 6.05. The molecule has 0 aliphatic heterocycles. The van der Waals surface area contributed by atoms with Crippen LogP contribution in [0.3, 0.4) is 0 Å². The number of hydrogen-bond acceptors (Lipinski definition) is 4. The standard InChI is InChI=1S/C19H16F2N2O4/c20-14-8-5-11(9-15(14)21)19(26)27-10-17(24)23-16-4-2-1-3-13(16)18(25)22-12-6-7-12/h1-5,8-9,12H,6-7,10H2,(H,22,25)(H,23,24). The summed E-state index contributed by atoms with van der Waals surface area (Å²) in [4.78, 5) is 36.0. The van der Waals surface area contributed by atoms with Crippen LogP contribution in [0.4, 0.5) is 14.5 Å². The van der Waals surface area contributed by atoms with Gasteiger partial charge in [0.1, 0.15) is 0 Å². The summed E-state index contributed by atoms with van der Waals surface area (Å²) < 4.78 is 30.8. The van der Waals surface area contributed by atoms with Crippen molar-refractivity contribution in [1.82, 2.24) is 5.32 Å². The van der Waals surface area contributed by atoms with E-state index in [4.69, 9.17) is 4.74 Å². The van der Waals surface area contributed by atoms with Gasteiger partial charge in [-0.2, -0.15) is 0 Å². The highest BCUT2D eigenvalue weighted by atomic mass is 19.2. The Kier molecular flexibility index (Phi) is 5.44. The molecule has 8 heteroatoms. The molecule has 0 spiro atoms. The van der Waals surface area contributed by atoms with Crippen LogP contribution in [-0.4, -0.2) is 30.4 Å². The Morgan fingerprint density at radius 2 is 1.78 bits per heavy atom. The topological polar surface area (TPSA) is 84.5 Å². The van der Waals surface area contributed by atoms with Crippen molar-refractivity contribution in [3.05, 3.63) is 65.2 Å². The largest absolute Gasteiger partial charge is 0.452 e. The highest BCUT2D eigenvalue weighted by Gasteiger charge is 2.25. The number of amides is 2. The fourth-order valence-electron chi connectivity index (χ4n) is 2.30. The van der Waals surface area contributed by atoms with Gasteiger partial charge in [-0.1, -0.05) is 12.1 Å². The van der Waals surface area contributed by atoms with Gasteiger partial charge in [0.05, 0.1) is 16.8 Å². The molecule has 140 valence electrons. The smallest absolute Gasteiger partial charge is 0.338 e. The zero-order valence-corrected chi connectivity index (χ0v) is 14.1. The maximum atomic E-state index is 13.1. The van der Waals surface area contributed by atoms with Crippen molar-refractivity contribution in [2.24, 2.45) is 0 Å². The Morgan fingerprint density at radius 1 is 1.04 bits per heavy atom. The molecule has 2 aromatic carbocycles. The minimum atomic E-state index is -1.19. The van der Waals surface area contributed by atoms with Crippen molar-refractivity contribution in [3.63, 3.8) is 0 Å². The van der Waals surface area contributed by atoms with Crippen LogP contribution >= 0.6 is 0 Å². The molecule has 0 heterocycles. The summed E-state index contributed by atoms with van der Waals surface area (Å²) in [5, 5.41) is 5.32. The third-order valence-electron chi connectivity index (χ3n) is 3.85. The van der Waals surface area contributed by atoms with Gasteiger partial charge in [0, 0.05) is 6.04 Å². The Bertz CT molecular complexity index is 897. The molecular formula is C19H16F2N2O4. The monoisotopic (exact) mass is 374 g/mol. The summed E-state index contributed by atoms with van der Waals surface area (Å²) in [7, 11) is 0. The molecule has 0 saturated heterocycles. The highest BCUT2D eigenvalue weighted by Crippen LogP contribution is 2.21. The molecule has 0 radical (unpaired) electrons. The summed E-state index contributed by atoms with van der Waals surface area (Å²) in [6.45, 7) is -0.642. The van der Waals surface area contributed by atoms with Gasteiger partial charge in [-0.3, -0.25) is 9.59 Å². The second kappa shape index (κ2) is 7.94. The summed E-state index contributed by atoms with van der Waals surface area (Å²) in [6.07, 6.45) is 1.86. The number of carbonyl (C=O) groups is 3. The van der Waals surface area contributed by atoms with Crippen LogP contribution in [0, 0.1) is 11.6 Å². The van der Waals surface area contributed by atoms with Crippen molar-refractivity contribution < 1.29 is 27.9 Å². The van der Waals surface area contributed by atoms with Gasteiger partial charge in [-0.15, -0.1) is 0 Å². The number of hydrogen-bond donors (Lipinski definition) is 2. The van der Waals surface area contributed by atoms with Crippen LogP contribution in [0.1, 0.15) is 33.6 Å². The molecule has 0 unspecified atom stereocenters. The first-order valence-corrected chi connectivity index (χ1v) is 8.26. The molecule has 0 atom stereocenters. The van der Waals surface area contributed by atoms with E-state index in [0.29, 0.717) is 11.6 Å². The van der Waals surface area contributed by atoms with E-state index in [1.165, 1.54) is 0 Å². The van der Waals surface area contributed by atoms with Crippen molar-refractivity contribution in [2.75, 3.05) is 11.9 Å². The minimum Gasteiger partial charge on any atom is -0.452 e. The summed E-state index contributed by atoms with van der Waals surface area (Å²) in [6, 6.07) is 9.14. The average Bonchev–Trinajstić information content (AvgIpc) is 3.46. The third-order valence-corrected chi connectivity index (χ3v) is 3.85. The maximum Gasteiger partial charge on any atom is 0.338 e. The van der Waals surface area contributed by atoms with Crippen LogP contribution in [-0.2, 0) is 9.53 Å². The van der Waals surface area contributed by atoms with E-state index in [9.17, 15) is 23.2 Å². The number of esters is 1. The van der Waals surface area contributed by atoms with Crippen molar-refractivity contribution in [3.8, 4) is 0 Å². The molecule has 6 nitrogen and oxygen atoms in total. The van der Waals surface area contributed by atoms with E-state index in [-0.39, 0.29) is 23.2 Å². The van der Waals surface area contributed by atoms with Crippen molar-refractivity contribution >= 4 is 23.5 Å². The van der Waals surface area contributed by atoms with Gasteiger partial charge in [0.15, 0.2) is 18.2 Å². The Morgan fingerprint density at radius 3 is 2.48 bits per heavy atom. The normalized spacial score (nSPS) is 13.0. The van der Waals surface area contributed by atoms with Crippen LogP contribution in [0.15, 0.2) is 42.5 Å². The van der Waals surface area contributed by atoms with E-state index in [0.717, 1.165) is 25.0 Å². The highest BCUT2D eigenvalue weighted by molar-refractivity contribution is 6.04. The SMILES string of the molecule is O=C(COC(=O)c1ccc(F)c(F)c1)Nc1ccccc1C(=O)NC1CC1. The Balaban J connectivity index is 1.58. The summed E-state index contributed by atoms with van der Waals surface area (Å²) in [5.41, 5.74) is 0.361. The van der Waals surface area contributed by atoms with Gasteiger partial charge < -0.3 is 15.4 Å². The van der Waals surface area contributed by atoms with E-state index in [1.807, 2.05) is 0 Å². The molecule has 1 aliphatic rings. The number of anilines is 1. The lowest BCUT2D eigenvalue weighted by Crippen LogP contribution is -2.28. The molecule has 1 fully saturated rings. The molecule has 2 aromatic rings. The second-order valence-electron chi connectivity index (χ2n) is 6.05. The Labute approximate surface area is 153 Å². The average molecular weight is 374 g/mol. The Hall–Kier alpha value is -3.29. The first-order chi connectivity index (χ1) is 12.9. The fraction of sp³-hybridized carbons (Fsp3) is 0.211. The zero-order valence-electron chi connectivity index (χ0n) is 14.1. The molecule has 2 N–H and O–H groups in total. The van der Waals surface area contributed by atoms with Crippen LogP contribution in [0.5, 0.6) is 0 Å². The number of ether oxygens (including phenoxy) is 1. The summed E-state index contributed by atoms with van der Waals surface area (Å²) in [5.74, 6) is -4.22. The van der Waals surface area contributed by atoms with Crippen LogP contribution in [0.2, 0.25) is 0 Å². The first kappa shape index (κ1) is 18.5. The van der Waals surface area contributed by atoms with E-state index >= 15 is 0 Å². The third kappa shape index (κ3) is 4.87. The zero-order chi connectivity index (χ0) is 19.4. The molecule has 3 rings (SSSR count). The van der Waals surface area contributed by atoms with Gasteiger partial charge in [-0.25, -0.2) is 13.6 Å². The molecule has 1 aliphatic carbocycles. The first-order valence-electron chi connectivity index (χ1n) is 8.26. The number of para-hydroxylation sites is 1. The number of rotatable bonds is 6. The fourth-order valence-corrected chi connectivity index (χ4v) is 2.30. The van der Waals surface area contributed by atoms with E-state index in [2.05, 4.69) is 10.6 Å². The van der Waals surface area contributed by atoms with E-state index in [1.54, 1.807) is 24.3 Å². The molecule has 2 amide bonds. The molecular weight excluding hydrogens is 358 g/mol. The maximum absolute atomic E-state index is 13.1. The van der Waals surface area contributed by atoms with Gasteiger partial charge >= 0.3 is 5.97 Å². The number of nitrogens with one attached hydrogen (secondary N) is 2. The van der Waals surface area contributed by atoms with Gasteiger partial charge in [0.25, 0.3) is 11.8 Å². The summed E-state index contributed by atoms with van der Waals surface area (Å²) >= 11 is 0.